The lowest BCUT2D eigenvalue weighted by Crippen LogP contribution is -2.28. The van der Waals surface area contributed by atoms with Gasteiger partial charge in [-0.3, -0.25) is 4.79 Å². The molecule has 1 heterocycles. The molecule has 0 spiro atoms. The molecule has 0 aliphatic carbocycles. The van der Waals surface area contributed by atoms with Crippen LogP contribution in [0.5, 0.6) is 11.5 Å². The average Bonchev–Trinajstić information content (AvgIpc) is 2.46. The Morgan fingerprint density at radius 3 is 3.10 bits per heavy atom. The molecule has 0 fully saturated rings. The number of nitrogens with two attached hydrogens (primary N) is 1. The lowest BCUT2D eigenvalue weighted by molar-refractivity contribution is -0.118. The number of rotatable bonds is 7. The van der Waals surface area contributed by atoms with Crippen LogP contribution < -0.4 is 20.5 Å². The van der Waals surface area contributed by atoms with Crippen LogP contribution in [0.25, 0.3) is 0 Å². The van der Waals surface area contributed by atoms with E-state index in [-0.39, 0.29) is 11.9 Å². The number of hydrogen-bond donors (Lipinski definition) is 2. The van der Waals surface area contributed by atoms with Gasteiger partial charge in [0.25, 0.3) is 0 Å². The Kier molecular flexibility index (Phi) is 5.24. The van der Waals surface area contributed by atoms with Crippen molar-refractivity contribution >= 4 is 5.91 Å². The van der Waals surface area contributed by atoms with Crippen LogP contribution in [0.4, 0.5) is 0 Å². The summed E-state index contributed by atoms with van der Waals surface area (Å²) in [6, 6.07) is 6.17. The van der Waals surface area contributed by atoms with E-state index in [1.165, 1.54) is 0 Å². The largest absolute Gasteiger partial charge is 0.497 e. The number of fused-ring (bicyclic) bond motifs is 1. The van der Waals surface area contributed by atoms with Gasteiger partial charge in [-0.25, -0.2) is 0 Å². The molecule has 3 N–H and O–H groups in total. The van der Waals surface area contributed by atoms with Crippen LogP contribution >= 0.6 is 0 Å². The normalized spacial score (nSPS) is 17.1. The number of benzene rings is 1. The monoisotopic (exact) mass is 278 g/mol. The molecule has 1 amide bonds. The second-order valence-electron chi connectivity index (χ2n) is 4.97. The molecule has 1 aliphatic heterocycles. The lowest BCUT2D eigenvalue weighted by Gasteiger charge is -2.27. The van der Waals surface area contributed by atoms with Gasteiger partial charge in [-0.2, -0.15) is 0 Å². The van der Waals surface area contributed by atoms with Crippen LogP contribution in [0, 0.1) is 0 Å². The third kappa shape index (κ3) is 3.87. The van der Waals surface area contributed by atoms with E-state index in [1.54, 1.807) is 7.11 Å². The Bertz CT molecular complexity index is 462. The number of primary amides is 1. The number of carbonyl (C=O) groups is 1. The average molecular weight is 278 g/mol. The summed E-state index contributed by atoms with van der Waals surface area (Å²) in [5, 5.41) is 3.52. The molecule has 5 nitrogen and oxygen atoms in total. The molecule has 2 rings (SSSR count). The van der Waals surface area contributed by atoms with E-state index in [2.05, 4.69) is 5.32 Å². The molecule has 0 saturated carbocycles. The molecule has 1 aromatic rings. The van der Waals surface area contributed by atoms with Gasteiger partial charge in [0, 0.05) is 24.4 Å². The second-order valence-corrected chi connectivity index (χ2v) is 4.97. The van der Waals surface area contributed by atoms with Crippen molar-refractivity contribution in [3.8, 4) is 11.5 Å². The minimum absolute atomic E-state index is 0.230. The molecule has 110 valence electrons. The maximum Gasteiger partial charge on any atom is 0.217 e. The van der Waals surface area contributed by atoms with Crippen molar-refractivity contribution in [3.63, 3.8) is 0 Å². The summed E-state index contributed by atoms with van der Waals surface area (Å²) >= 11 is 0. The summed E-state index contributed by atoms with van der Waals surface area (Å²) < 4.78 is 10.9. The van der Waals surface area contributed by atoms with Gasteiger partial charge in [0.15, 0.2) is 0 Å². The molecule has 1 aliphatic rings. The van der Waals surface area contributed by atoms with Crippen LogP contribution in [0.1, 0.15) is 37.3 Å². The summed E-state index contributed by atoms with van der Waals surface area (Å²) in [5.41, 5.74) is 6.27. The van der Waals surface area contributed by atoms with Crippen molar-refractivity contribution in [3.05, 3.63) is 23.8 Å². The van der Waals surface area contributed by atoms with Crippen molar-refractivity contribution in [2.75, 3.05) is 20.3 Å². The van der Waals surface area contributed by atoms with E-state index in [9.17, 15) is 4.79 Å². The molecule has 1 aromatic carbocycles. The summed E-state index contributed by atoms with van der Waals surface area (Å²) in [7, 11) is 1.66. The second kappa shape index (κ2) is 7.14. The van der Waals surface area contributed by atoms with Crippen molar-refractivity contribution in [2.45, 2.75) is 31.7 Å². The molecule has 0 aromatic heterocycles. The number of unbranched alkanes of at least 4 members (excludes halogenated alkanes) is 1. The van der Waals surface area contributed by atoms with E-state index in [4.69, 9.17) is 15.2 Å². The fourth-order valence-electron chi connectivity index (χ4n) is 2.41. The van der Waals surface area contributed by atoms with Crippen molar-refractivity contribution in [1.29, 1.82) is 0 Å². The maximum atomic E-state index is 10.7. The highest BCUT2D eigenvalue weighted by molar-refractivity contribution is 5.73. The quantitative estimate of drug-likeness (QED) is 0.745. The summed E-state index contributed by atoms with van der Waals surface area (Å²) in [5.74, 6) is 1.53. The third-order valence-electron chi connectivity index (χ3n) is 3.50. The smallest absolute Gasteiger partial charge is 0.217 e. The highest BCUT2D eigenvalue weighted by Gasteiger charge is 2.21. The number of hydrogen-bond acceptors (Lipinski definition) is 4. The third-order valence-corrected chi connectivity index (χ3v) is 3.50. The Morgan fingerprint density at radius 1 is 1.50 bits per heavy atom. The van der Waals surface area contributed by atoms with Gasteiger partial charge in [0.2, 0.25) is 5.91 Å². The van der Waals surface area contributed by atoms with Gasteiger partial charge in [-0.1, -0.05) is 0 Å². The Morgan fingerprint density at radius 2 is 2.35 bits per heavy atom. The first kappa shape index (κ1) is 14.7. The summed E-state index contributed by atoms with van der Waals surface area (Å²) in [6.07, 6.45) is 3.17. The Labute approximate surface area is 119 Å². The zero-order valence-corrected chi connectivity index (χ0v) is 11.9. The van der Waals surface area contributed by atoms with Crippen molar-refractivity contribution < 1.29 is 14.3 Å². The van der Waals surface area contributed by atoms with E-state index in [0.717, 1.165) is 49.5 Å². The highest BCUT2D eigenvalue weighted by Crippen LogP contribution is 2.34. The van der Waals surface area contributed by atoms with Crippen LogP contribution in [-0.4, -0.2) is 26.2 Å². The molecule has 1 atom stereocenters. The van der Waals surface area contributed by atoms with Crippen LogP contribution in [0.2, 0.25) is 0 Å². The fourth-order valence-corrected chi connectivity index (χ4v) is 2.41. The first-order valence-corrected chi connectivity index (χ1v) is 7.03. The Balaban J connectivity index is 1.89. The van der Waals surface area contributed by atoms with Gasteiger partial charge in [-0.15, -0.1) is 0 Å². The molecule has 20 heavy (non-hydrogen) atoms. The molecule has 0 saturated heterocycles. The molecular weight excluding hydrogens is 256 g/mol. The number of methoxy groups -OCH3 is 1. The molecule has 5 heteroatoms. The van der Waals surface area contributed by atoms with Crippen LogP contribution in [-0.2, 0) is 4.79 Å². The van der Waals surface area contributed by atoms with Gasteiger partial charge in [0.1, 0.15) is 11.5 Å². The summed E-state index contributed by atoms with van der Waals surface area (Å²) in [6.45, 7) is 1.59. The number of carbonyl (C=O) groups excluding carboxylic acids is 1. The van der Waals surface area contributed by atoms with Crippen molar-refractivity contribution in [2.24, 2.45) is 5.73 Å². The first-order valence-electron chi connectivity index (χ1n) is 7.03. The SMILES string of the molecule is COc1ccc2c(c1)C(NCCCCC(N)=O)CCO2. The molecular formula is C15H22N2O3. The topological polar surface area (TPSA) is 73.6 Å². The van der Waals surface area contributed by atoms with Crippen LogP contribution in [0.3, 0.4) is 0 Å². The van der Waals surface area contributed by atoms with Crippen LogP contribution in [0.15, 0.2) is 18.2 Å². The van der Waals surface area contributed by atoms with E-state index in [1.807, 2.05) is 18.2 Å². The van der Waals surface area contributed by atoms with E-state index >= 15 is 0 Å². The predicted octanol–water partition coefficient (Wildman–Crippen LogP) is 1.76. The standard InChI is InChI=1S/C15H22N2O3/c1-19-11-5-6-14-12(10-11)13(7-9-20-14)17-8-3-2-4-15(16)18/h5-6,10,13,17H,2-4,7-9H2,1H3,(H2,16,18). The highest BCUT2D eigenvalue weighted by atomic mass is 16.5. The minimum atomic E-state index is -0.230. The zero-order chi connectivity index (χ0) is 14.4. The molecule has 0 radical (unpaired) electrons. The maximum absolute atomic E-state index is 10.7. The first-order chi connectivity index (χ1) is 9.70. The van der Waals surface area contributed by atoms with E-state index < -0.39 is 0 Å². The zero-order valence-electron chi connectivity index (χ0n) is 11.9. The lowest BCUT2D eigenvalue weighted by atomic mass is 10.00. The fraction of sp³-hybridized carbons (Fsp3) is 0.533. The molecule has 1 unspecified atom stereocenters. The number of nitrogens with one attached hydrogen (secondary N) is 1. The minimum Gasteiger partial charge on any atom is -0.497 e. The summed E-state index contributed by atoms with van der Waals surface area (Å²) in [4.78, 5) is 10.7. The van der Waals surface area contributed by atoms with Gasteiger partial charge < -0.3 is 20.5 Å². The van der Waals surface area contributed by atoms with Crippen molar-refractivity contribution in [1.82, 2.24) is 5.32 Å². The molecule has 0 bridgehead atoms. The number of ether oxygens (including phenoxy) is 2. The van der Waals surface area contributed by atoms with Gasteiger partial charge >= 0.3 is 0 Å². The number of amides is 1. The van der Waals surface area contributed by atoms with E-state index in [0.29, 0.717) is 6.42 Å². The Hall–Kier alpha value is -1.75. The van der Waals surface area contributed by atoms with Gasteiger partial charge in [0.05, 0.1) is 13.7 Å². The predicted molar refractivity (Wildman–Crippen MR) is 76.9 cm³/mol. The van der Waals surface area contributed by atoms with Gasteiger partial charge in [-0.05, 0) is 37.6 Å².